The van der Waals surface area contributed by atoms with Gasteiger partial charge in [-0.2, -0.15) is 0 Å². The van der Waals surface area contributed by atoms with Crippen LogP contribution in [0.2, 0.25) is 0 Å². The van der Waals surface area contributed by atoms with Crippen LogP contribution in [0.4, 0.5) is 0 Å². The second-order valence-electron chi connectivity index (χ2n) is 10.8. The van der Waals surface area contributed by atoms with Gasteiger partial charge in [-0.3, -0.25) is 19.3 Å². The third kappa shape index (κ3) is 7.43. The zero-order valence-corrected chi connectivity index (χ0v) is 26.2. The molecule has 2 aliphatic heterocycles. The quantitative estimate of drug-likeness (QED) is 0.140. The number of aliphatic carboxylic acids is 1. The molecule has 0 aliphatic carbocycles. The Morgan fingerprint density at radius 3 is 2.09 bits per heavy atom. The lowest BCUT2D eigenvalue weighted by Crippen LogP contribution is -2.70. The van der Waals surface area contributed by atoms with Gasteiger partial charge in [-0.15, -0.1) is 23.4 Å². The minimum Gasteiger partial charge on any atom is -0.477 e. The van der Waals surface area contributed by atoms with Crippen LogP contribution in [0.1, 0.15) is 46.9 Å². The number of nitrogens with one attached hydrogen (secondary N) is 2. The fraction of sp³-hybridized carbons (Fsp3) is 0.265. The van der Waals surface area contributed by atoms with E-state index in [1.165, 1.54) is 16.7 Å². The van der Waals surface area contributed by atoms with Crippen LogP contribution in [0, 0.1) is 0 Å². The van der Waals surface area contributed by atoms with E-state index in [1.807, 2.05) is 60.7 Å². The molecular weight excluding hydrogens is 630 g/mol. The van der Waals surface area contributed by atoms with Crippen LogP contribution in [0.15, 0.2) is 102 Å². The topological polar surface area (TPSA) is 142 Å². The number of fused-ring (bicyclic) bond motifs is 1. The fourth-order valence-electron chi connectivity index (χ4n) is 5.36. The monoisotopic (exact) mass is 661 g/mol. The predicted octanol–water partition coefficient (Wildman–Crippen LogP) is 4.27. The lowest BCUT2D eigenvalue weighted by molar-refractivity contribution is -0.151. The van der Waals surface area contributed by atoms with Crippen LogP contribution in [0.5, 0.6) is 0 Å². The number of carbonyl (C=O) groups excluding carboxylic acids is 4. The molecule has 2 unspecified atom stereocenters. The molecule has 0 aromatic heterocycles. The normalized spacial score (nSPS) is 17.9. The molecule has 0 spiro atoms. The summed E-state index contributed by atoms with van der Waals surface area (Å²) in [5, 5.41) is 14.5. The van der Waals surface area contributed by atoms with Crippen molar-refractivity contribution in [3.8, 4) is 0 Å². The van der Waals surface area contributed by atoms with Crippen molar-refractivity contribution in [1.82, 2.24) is 15.5 Å². The number of amides is 3. The van der Waals surface area contributed by atoms with E-state index in [1.54, 1.807) is 30.3 Å². The first-order chi connectivity index (χ1) is 22.3. The number of carbonyl (C=O) groups is 5. The van der Waals surface area contributed by atoms with Crippen LogP contribution >= 0.6 is 23.4 Å². The van der Waals surface area contributed by atoms with E-state index >= 15 is 0 Å². The standard InChI is InChI=1S/C34H32ClN3O7S/c35-19-24-20-46-32-27(31(41)38(32)28(24)33(42)43)37-26(39)18-10-17-25(36-30(40)23-15-8-3-9-16-23)34(44)45-29(21-11-4-1-5-12-21)22-13-6-2-7-14-22/h1-9,11-16,25,27,29,32H,10,17-20H2,(H,36,40)(H,37,39)(H,42,43)/t25?,27?,32-/m0/s1. The number of nitrogens with zero attached hydrogens (tertiary/aromatic N) is 1. The number of rotatable bonds is 13. The lowest BCUT2D eigenvalue weighted by Gasteiger charge is -2.49. The van der Waals surface area contributed by atoms with Gasteiger partial charge in [0.15, 0.2) is 6.10 Å². The Balaban J connectivity index is 1.25. The maximum absolute atomic E-state index is 13.7. The first-order valence-electron chi connectivity index (χ1n) is 14.7. The first-order valence-corrected chi connectivity index (χ1v) is 16.3. The zero-order chi connectivity index (χ0) is 32.6. The summed E-state index contributed by atoms with van der Waals surface area (Å²) in [6, 6.07) is 25.1. The fourth-order valence-corrected chi connectivity index (χ4v) is 7.04. The number of hydrogen-bond acceptors (Lipinski definition) is 7. The highest BCUT2D eigenvalue weighted by Gasteiger charge is 2.54. The predicted molar refractivity (Wildman–Crippen MR) is 173 cm³/mol. The van der Waals surface area contributed by atoms with Crippen molar-refractivity contribution in [1.29, 1.82) is 0 Å². The van der Waals surface area contributed by atoms with Gasteiger partial charge >= 0.3 is 11.9 Å². The molecule has 12 heteroatoms. The van der Waals surface area contributed by atoms with Gasteiger partial charge in [0.25, 0.3) is 11.8 Å². The highest BCUT2D eigenvalue weighted by molar-refractivity contribution is 8.00. The molecule has 3 atom stereocenters. The van der Waals surface area contributed by atoms with Crippen molar-refractivity contribution in [2.24, 2.45) is 0 Å². The molecule has 2 heterocycles. The molecule has 238 valence electrons. The molecule has 46 heavy (non-hydrogen) atoms. The number of hydrogen-bond donors (Lipinski definition) is 3. The molecule has 10 nitrogen and oxygen atoms in total. The number of thioether (sulfide) groups is 1. The number of benzene rings is 3. The van der Waals surface area contributed by atoms with Gasteiger partial charge in [-0.1, -0.05) is 78.9 Å². The number of carboxylic acid groups (broad SMARTS) is 1. The van der Waals surface area contributed by atoms with E-state index in [2.05, 4.69) is 10.6 Å². The number of alkyl halides is 1. The summed E-state index contributed by atoms with van der Waals surface area (Å²) < 4.78 is 6.02. The summed E-state index contributed by atoms with van der Waals surface area (Å²) >= 11 is 7.22. The van der Waals surface area contributed by atoms with Gasteiger partial charge in [0.1, 0.15) is 23.2 Å². The van der Waals surface area contributed by atoms with E-state index in [0.717, 1.165) is 11.1 Å². The molecule has 5 rings (SSSR count). The Morgan fingerprint density at radius 2 is 1.52 bits per heavy atom. The Kier molecular flexibility index (Phi) is 10.8. The number of ether oxygens (including phenoxy) is 1. The minimum absolute atomic E-state index is 0.00991. The molecule has 0 saturated carbocycles. The summed E-state index contributed by atoms with van der Waals surface area (Å²) in [6.07, 6.45) is -0.476. The molecule has 3 aromatic carbocycles. The SMILES string of the molecule is O=C(CCCC(NC(=O)c1ccccc1)C(=O)OC(c1ccccc1)c1ccccc1)NC1C(=O)N2C(C(=O)O)=C(CCl)CS[C@@H]12. The van der Waals surface area contributed by atoms with Crippen molar-refractivity contribution in [2.75, 3.05) is 11.6 Å². The van der Waals surface area contributed by atoms with Crippen LogP contribution in [0.3, 0.4) is 0 Å². The van der Waals surface area contributed by atoms with Crippen molar-refractivity contribution >= 4 is 53.0 Å². The van der Waals surface area contributed by atoms with Gasteiger partial charge < -0.3 is 20.5 Å². The molecule has 0 bridgehead atoms. The highest BCUT2D eigenvalue weighted by atomic mass is 35.5. The molecule has 1 fully saturated rings. The number of esters is 1. The maximum atomic E-state index is 13.7. The zero-order valence-electron chi connectivity index (χ0n) is 24.6. The molecule has 0 radical (unpaired) electrons. The minimum atomic E-state index is -1.24. The summed E-state index contributed by atoms with van der Waals surface area (Å²) in [5.74, 6) is -2.99. The van der Waals surface area contributed by atoms with Crippen LogP contribution < -0.4 is 10.6 Å². The van der Waals surface area contributed by atoms with Gasteiger partial charge in [-0.25, -0.2) is 9.59 Å². The van der Waals surface area contributed by atoms with Gasteiger partial charge in [0.2, 0.25) is 5.91 Å². The van der Waals surface area contributed by atoms with Crippen LogP contribution in [-0.4, -0.2) is 68.8 Å². The number of halogens is 1. The Morgan fingerprint density at radius 1 is 0.935 bits per heavy atom. The van der Waals surface area contributed by atoms with Gasteiger partial charge in [0, 0.05) is 23.6 Å². The second-order valence-corrected chi connectivity index (χ2v) is 12.1. The van der Waals surface area contributed by atoms with Crippen molar-refractivity contribution in [3.05, 3.63) is 119 Å². The average Bonchev–Trinajstić information content (AvgIpc) is 3.09. The molecule has 3 N–H and O–H groups in total. The van der Waals surface area contributed by atoms with E-state index in [4.69, 9.17) is 16.3 Å². The van der Waals surface area contributed by atoms with E-state index in [0.29, 0.717) is 16.9 Å². The Bertz CT molecular complexity index is 1580. The molecule has 3 aromatic rings. The summed E-state index contributed by atoms with van der Waals surface area (Å²) in [6.45, 7) is 0. The molecular formula is C34H32ClN3O7S. The summed E-state index contributed by atoms with van der Waals surface area (Å²) in [4.78, 5) is 65.4. The summed E-state index contributed by atoms with van der Waals surface area (Å²) in [5.41, 5.74) is 2.20. The average molecular weight is 662 g/mol. The second kappa shape index (κ2) is 15.1. The van der Waals surface area contributed by atoms with Crippen LogP contribution in [-0.2, 0) is 23.9 Å². The van der Waals surface area contributed by atoms with Gasteiger partial charge in [0.05, 0.1) is 0 Å². The van der Waals surface area contributed by atoms with Gasteiger partial charge in [-0.05, 0) is 41.7 Å². The molecule has 3 amide bonds. The third-order valence-corrected chi connectivity index (χ3v) is 9.35. The Labute approximate surface area is 275 Å². The van der Waals surface area contributed by atoms with E-state index < -0.39 is 53.2 Å². The van der Waals surface area contributed by atoms with Crippen molar-refractivity contribution in [3.63, 3.8) is 0 Å². The summed E-state index contributed by atoms with van der Waals surface area (Å²) in [7, 11) is 0. The number of β-lactam (4-membered cyclic amide) rings is 1. The largest absolute Gasteiger partial charge is 0.477 e. The third-order valence-electron chi connectivity index (χ3n) is 7.69. The molecule has 2 aliphatic rings. The first kappa shape index (κ1) is 32.8. The van der Waals surface area contributed by atoms with Crippen LogP contribution in [0.25, 0.3) is 0 Å². The van der Waals surface area contributed by atoms with Crippen molar-refractivity contribution < 1.29 is 33.8 Å². The number of carboxylic acids is 1. The maximum Gasteiger partial charge on any atom is 0.352 e. The van der Waals surface area contributed by atoms with Crippen molar-refractivity contribution in [2.45, 2.75) is 42.8 Å². The lowest BCUT2D eigenvalue weighted by atomic mass is 10.0. The van der Waals surface area contributed by atoms with E-state index in [-0.39, 0.29) is 30.8 Å². The Hall–Kier alpha value is -4.61. The molecule has 1 saturated heterocycles. The highest BCUT2D eigenvalue weighted by Crippen LogP contribution is 2.40. The van der Waals surface area contributed by atoms with E-state index in [9.17, 15) is 29.1 Å². The smallest absolute Gasteiger partial charge is 0.352 e.